The number of carbonyl (C=O) groups excluding carboxylic acids is 1. The summed E-state index contributed by atoms with van der Waals surface area (Å²) in [6.07, 6.45) is 0. The van der Waals surface area contributed by atoms with Gasteiger partial charge in [-0.1, -0.05) is 11.6 Å². The lowest BCUT2D eigenvalue weighted by molar-refractivity contribution is -0.384. The van der Waals surface area contributed by atoms with Crippen LogP contribution in [0.1, 0.15) is 10.9 Å². The minimum absolute atomic E-state index is 0.0166. The number of non-ortho nitro benzene ring substituents is 1. The third-order valence-corrected chi connectivity index (χ3v) is 5.35. The second kappa shape index (κ2) is 10.00. The maximum Gasteiger partial charge on any atom is 0.273 e. The fourth-order valence-corrected chi connectivity index (χ4v) is 3.72. The maximum atomic E-state index is 12.9. The number of nitriles is 1. The van der Waals surface area contributed by atoms with Crippen LogP contribution in [0.15, 0.2) is 59.0 Å². The predicted molar refractivity (Wildman–Crippen MR) is 124 cm³/mol. The molecular weight excluding hydrogens is 452 g/mol. The fourth-order valence-electron chi connectivity index (χ4n) is 2.72. The Morgan fingerprint density at radius 2 is 1.91 bits per heavy atom. The van der Waals surface area contributed by atoms with E-state index in [0.29, 0.717) is 27.0 Å². The number of hydrogen-bond acceptors (Lipinski definition) is 8. The molecule has 1 atom stereocenters. The minimum Gasteiger partial charge on any atom is -0.321 e. The molecule has 0 aliphatic heterocycles. The van der Waals surface area contributed by atoms with Gasteiger partial charge in [0.05, 0.1) is 16.7 Å². The highest BCUT2D eigenvalue weighted by Crippen LogP contribution is 2.29. The first-order valence-corrected chi connectivity index (χ1v) is 10.5. The number of amides is 1. The molecule has 0 bridgehead atoms. The van der Waals surface area contributed by atoms with Crippen molar-refractivity contribution in [2.75, 3.05) is 19.4 Å². The van der Waals surface area contributed by atoms with Crippen molar-refractivity contribution in [2.24, 2.45) is 5.10 Å². The number of nitrogens with zero attached hydrogens (tertiary/aromatic N) is 5. The molecule has 0 aliphatic rings. The number of thiazole rings is 1. The van der Waals surface area contributed by atoms with Crippen molar-refractivity contribution < 1.29 is 9.72 Å². The molecule has 1 unspecified atom stereocenters. The summed E-state index contributed by atoms with van der Waals surface area (Å²) < 4.78 is 0. The monoisotopic (exact) mass is 468 g/mol. The van der Waals surface area contributed by atoms with Crippen molar-refractivity contribution in [1.29, 1.82) is 5.26 Å². The van der Waals surface area contributed by atoms with Gasteiger partial charge < -0.3 is 10.3 Å². The molecule has 1 aromatic heterocycles. The smallest absolute Gasteiger partial charge is 0.273 e. The van der Waals surface area contributed by atoms with Gasteiger partial charge in [0.1, 0.15) is 16.6 Å². The molecular formula is C21H17ClN6O3S. The van der Waals surface area contributed by atoms with Crippen LogP contribution < -0.4 is 5.32 Å². The van der Waals surface area contributed by atoms with Crippen molar-refractivity contribution >= 4 is 45.9 Å². The largest absolute Gasteiger partial charge is 0.321 e. The first-order valence-electron chi connectivity index (χ1n) is 9.21. The third kappa shape index (κ3) is 5.46. The molecule has 0 saturated heterocycles. The first-order chi connectivity index (χ1) is 15.3. The van der Waals surface area contributed by atoms with Gasteiger partial charge in [0.15, 0.2) is 0 Å². The average molecular weight is 469 g/mol. The summed E-state index contributed by atoms with van der Waals surface area (Å²) in [4.78, 5) is 27.8. The maximum absolute atomic E-state index is 12.9. The van der Waals surface area contributed by atoms with E-state index in [1.54, 1.807) is 55.9 Å². The van der Waals surface area contributed by atoms with Crippen molar-refractivity contribution in [3.05, 3.63) is 74.1 Å². The molecule has 11 heteroatoms. The Bertz CT molecular complexity index is 1200. The number of aromatic nitrogens is 1. The van der Waals surface area contributed by atoms with Crippen LogP contribution >= 0.6 is 22.9 Å². The number of hydrazone groups is 1. The SMILES string of the molecule is CN(C)/N=C(\C(=O)Nc1ccc(Cl)cc1)C(C#N)c1nc(-c2ccc([N+](=O)[O-])cc2)cs1. The lowest BCUT2D eigenvalue weighted by Crippen LogP contribution is -2.30. The van der Waals surface area contributed by atoms with Crippen LogP contribution in [0.25, 0.3) is 11.3 Å². The Morgan fingerprint density at radius 3 is 2.47 bits per heavy atom. The Labute approximate surface area is 192 Å². The number of benzene rings is 2. The van der Waals surface area contributed by atoms with Gasteiger partial charge >= 0.3 is 0 Å². The number of hydrogen-bond donors (Lipinski definition) is 1. The van der Waals surface area contributed by atoms with Gasteiger partial charge in [-0.3, -0.25) is 14.9 Å². The van der Waals surface area contributed by atoms with E-state index in [1.165, 1.54) is 28.5 Å². The molecule has 0 spiro atoms. The zero-order valence-electron chi connectivity index (χ0n) is 17.0. The first kappa shape index (κ1) is 22.9. The van der Waals surface area contributed by atoms with E-state index in [1.807, 2.05) is 0 Å². The van der Waals surface area contributed by atoms with Crippen LogP contribution in [0.2, 0.25) is 5.02 Å². The molecule has 1 amide bonds. The topological polar surface area (TPSA) is 125 Å². The van der Waals surface area contributed by atoms with E-state index in [-0.39, 0.29) is 11.4 Å². The summed E-state index contributed by atoms with van der Waals surface area (Å²) in [7, 11) is 3.29. The normalized spacial score (nSPS) is 12.0. The summed E-state index contributed by atoms with van der Waals surface area (Å²) in [6, 6.07) is 14.6. The summed E-state index contributed by atoms with van der Waals surface area (Å²) in [5, 5.41) is 31.7. The predicted octanol–water partition coefficient (Wildman–Crippen LogP) is 4.54. The number of anilines is 1. The van der Waals surface area contributed by atoms with Gasteiger partial charge in [0.25, 0.3) is 11.6 Å². The molecule has 162 valence electrons. The van der Waals surface area contributed by atoms with Crippen molar-refractivity contribution in [3.8, 4) is 17.3 Å². The molecule has 0 fully saturated rings. The third-order valence-electron chi connectivity index (χ3n) is 4.19. The van der Waals surface area contributed by atoms with Crippen LogP contribution in [-0.4, -0.2) is 40.6 Å². The van der Waals surface area contributed by atoms with Gasteiger partial charge in [0, 0.05) is 47.9 Å². The minimum atomic E-state index is -1.01. The quantitative estimate of drug-likeness (QED) is 0.308. The Morgan fingerprint density at radius 1 is 1.25 bits per heavy atom. The second-order valence-corrected chi connectivity index (χ2v) is 8.06. The molecule has 0 aliphatic carbocycles. The number of rotatable bonds is 7. The zero-order chi connectivity index (χ0) is 23.3. The standard InChI is InChI=1S/C21H17ClN6O3S/c1-27(2)26-19(20(29)24-15-7-5-14(22)6-8-15)17(11-23)21-25-18(12-32-21)13-3-9-16(10-4-13)28(30)31/h3-10,12,17H,1-2H3,(H,24,29)/b26-19-. The zero-order valence-corrected chi connectivity index (χ0v) is 18.6. The molecule has 1 N–H and O–H groups in total. The van der Waals surface area contributed by atoms with Gasteiger partial charge in [0.2, 0.25) is 0 Å². The number of halogens is 1. The van der Waals surface area contributed by atoms with Crippen LogP contribution in [0.3, 0.4) is 0 Å². The van der Waals surface area contributed by atoms with Crippen molar-refractivity contribution in [2.45, 2.75) is 5.92 Å². The Hall–Kier alpha value is -3.81. The number of nitro groups is 1. The molecule has 32 heavy (non-hydrogen) atoms. The molecule has 9 nitrogen and oxygen atoms in total. The van der Waals surface area contributed by atoms with Crippen LogP contribution in [0, 0.1) is 21.4 Å². The number of carbonyl (C=O) groups is 1. The second-order valence-electron chi connectivity index (χ2n) is 6.73. The van der Waals surface area contributed by atoms with E-state index < -0.39 is 16.7 Å². The van der Waals surface area contributed by atoms with Crippen LogP contribution in [-0.2, 0) is 4.79 Å². The Kier molecular flexibility index (Phi) is 7.14. The molecule has 3 aromatic rings. The van der Waals surface area contributed by atoms with Gasteiger partial charge in [-0.15, -0.1) is 11.3 Å². The summed E-state index contributed by atoms with van der Waals surface area (Å²) in [5.41, 5.74) is 1.66. The summed E-state index contributed by atoms with van der Waals surface area (Å²) in [6.45, 7) is 0. The highest BCUT2D eigenvalue weighted by Gasteiger charge is 2.28. The van der Waals surface area contributed by atoms with Crippen molar-refractivity contribution in [1.82, 2.24) is 9.99 Å². The Balaban J connectivity index is 1.89. The molecule has 0 radical (unpaired) electrons. The lowest BCUT2D eigenvalue weighted by atomic mass is 10.0. The van der Waals surface area contributed by atoms with E-state index in [4.69, 9.17) is 11.6 Å². The molecule has 1 heterocycles. The lowest BCUT2D eigenvalue weighted by Gasteiger charge is -2.14. The van der Waals surface area contributed by atoms with Gasteiger partial charge in [-0.2, -0.15) is 10.4 Å². The molecule has 3 rings (SSSR count). The average Bonchev–Trinajstić information content (AvgIpc) is 3.25. The van der Waals surface area contributed by atoms with Gasteiger partial charge in [-0.05, 0) is 36.4 Å². The van der Waals surface area contributed by atoms with E-state index in [0.717, 1.165) is 0 Å². The highest BCUT2D eigenvalue weighted by molar-refractivity contribution is 7.10. The van der Waals surface area contributed by atoms with E-state index in [9.17, 15) is 20.2 Å². The summed E-state index contributed by atoms with van der Waals surface area (Å²) >= 11 is 7.09. The number of nitro benzene ring substituents is 1. The summed E-state index contributed by atoms with van der Waals surface area (Å²) in [5.74, 6) is -1.55. The fraction of sp³-hybridized carbons (Fsp3) is 0.143. The van der Waals surface area contributed by atoms with Crippen LogP contribution in [0.4, 0.5) is 11.4 Å². The number of nitrogens with one attached hydrogen (secondary N) is 1. The van der Waals surface area contributed by atoms with Crippen LogP contribution in [0.5, 0.6) is 0 Å². The van der Waals surface area contributed by atoms with E-state index in [2.05, 4.69) is 21.5 Å². The molecule has 0 saturated carbocycles. The van der Waals surface area contributed by atoms with Crippen molar-refractivity contribution in [3.63, 3.8) is 0 Å². The van der Waals surface area contributed by atoms with E-state index >= 15 is 0 Å². The van der Waals surface area contributed by atoms with Gasteiger partial charge in [-0.25, -0.2) is 4.98 Å². The highest BCUT2D eigenvalue weighted by atomic mass is 35.5. The molecule has 2 aromatic carbocycles.